The Labute approximate surface area is 96.8 Å². The van der Waals surface area contributed by atoms with E-state index in [1.807, 2.05) is 18.5 Å². The Balaban J connectivity index is 1.85. The summed E-state index contributed by atoms with van der Waals surface area (Å²) in [6.07, 6.45) is 12.7. The van der Waals surface area contributed by atoms with Crippen molar-refractivity contribution in [2.45, 2.75) is 44.2 Å². The van der Waals surface area contributed by atoms with Crippen molar-refractivity contribution < 1.29 is 0 Å². The fourth-order valence-electron chi connectivity index (χ4n) is 2.91. The van der Waals surface area contributed by atoms with Crippen molar-refractivity contribution in [2.24, 2.45) is 0 Å². The first-order chi connectivity index (χ1) is 7.92. The van der Waals surface area contributed by atoms with E-state index in [2.05, 4.69) is 22.4 Å². The predicted molar refractivity (Wildman–Crippen MR) is 66.0 cm³/mol. The van der Waals surface area contributed by atoms with Crippen LogP contribution in [0.4, 0.5) is 0 Å². The van der Waals surface area contributed by atoms with Gasteiger partial charge < -0.3 is 5.32 Å². The van der Waals surface area contributed by atoms with Crippen molar-refractivity contribution in [1.29, 1.82) is 0 Å². The molecule has 3 rings (SSSR count). The molecule has 2 fully saturated rings. The van der Waals surface area contributed by atoms with E-state index >= 15 is 0 Å². The van der Waals surface area contributed by atoms with Gasteiger partial charge in [-0.25, -0.2) is 0 Å². The van der Waals surface area contributed by atoms with Crippen molar-refractivity contribution in [3.63, 3.8) is 0 Å². The van der Waals surface area contributed by atoms with Crippen LogP contribution in [0.25, 0.3) is 6.08 Å². The zero-order chi connectivity index (χ0) is 10.8. The lowest BCUT2D eigenvalue weighted by Gasteiger charge is -2.13. The molecule has 2 unspecified atom stereocenters. The van der Waals surface area contributed by atoms with Crippen LogP contribution in [0.3, 0.4) is 0 Å². The number of fused-ring (bicyclic) bond motifs is 2. The number of pyridine rings is 1. The normalized spacial score (nSPS) is 31.6. The molecule has 2 bridgehead atoms. The predicted octanol–water partition coefficient (Wildman–Crippen LogP) is 2.77. The fraction of sp³-hybridized carbons (Fsp3) is 0.500. The number of nitrogens with zero attached hydrogens (tertiary/aromatic N) is 1. The number of hydrogen-bond donors (Lipinski definition) is 1. The van der Waals surface area contributed by atoms with Crippen LogP contribution in [0.1, 0.15) is 37.7 Å². The Bertz CT molecular complexity index is 383. The third-order valence-corrected chi connectivity index (χ3v) is 3.74. The van der Waals surface area contributed by atoms with Crippen LogP contribution in [0.5, 0.6) is 0 Å². The minimum Gasteiger partial charge on any atom is -0.307 e. The second-order valence-corrected chi connectivity index (χ2v) is 4.89. The molecule has 84 valence electrons. The van der Waals surface area contributed by atoms with Gasteiger partial charge >= 0.3 is 0 Å². The van der Waals surface area contributed by atoms with E-state index in [1.165, 1.54) is 37.7 Å². The standard InChI is InChI=1S/C14H18N2/c1-4-12(9-11-3-2-8-15-10-11)14-7-6-13(5-1)16-14/h2-3,8-10,13-14,16H,1,4-7H2/b12-9-. The average Bonchev–Trinajstić information content (AvgIpc) is 2.68. The average molecular weight is 214 g/mol. The zero-order valence-electron chi connectivity index (χ0n) is 9.52. The van der Waals surface area contributed by atoms with Gasteiger partial charge in [-0.1, -0.05) is 17.7 Å². The van der Waals surface area contributed by atoms with E-state index in [1.54, 1.807) is 5.57 Å². The minimum atomic E-state index is 0.632. The SMILES string of the molecule is C(=C1\CCCC2CCC1N2)/c1cccnc1. The second-order valence-electron chi connectivity index (χ2n) is 4.89. The second kappa shape index (κ2) is 4.38. The first-order valence-corrected chi connectivity index (χ1v) is 6.28. The summed E-state index contributed by atoms with van der Waals surface area (Å²) >= 11 is 0. The smallest absolute Gasteiger partial charge is 0.0340 e. The van der Waals surface area contributed by atoms with Crippen molar-refractivity contribution >= 4 is 6.08 Å². The van der Waals surface area contributed by atoms with Crippen LogP contribution in [-0.2, 0) is 0 Å². The number of aromatic nitrogens is 1. The fourth-order valence-corrected chi connectivity index (χ4v) is 2.91. The molecule has 1 aromatic rings. The van der Waals surface area contributed by atoms with Crippen molar-refractivity contribution in [1.82, 2.24) is 10.3 Å². The first kappa shape index (κ1) is 10.0. The van der Waals surface area contributed by atoms with E-state index in [0.29, 0.717) is 6.04 Å². The number of hydrogen-bond acceptors (Lipinski definition) is 2. The molecule has 2 aliphatic rings. The van der Waals surface area contributed by atoms with Gasteiger partial charge in [0.25, 0.3) is 0 Å². The monoisotopic (exact) mass is 214 g/mol. The lowest BCUT2D eigenvalue weighted by molar-refractivity contribution is 0.550. The summed E-state index contributed by atoms with van der Waals surface area (Å²) in [5.74, 6) is 0. The van der Waals surface area contributed by atoms with E-state index in [9.17, 15) is 0 Å². The lowest BCUT2D eigenvalue weighted by atomic mass is 9.95. The van der Waals surface area contributed by atoms with Crippen LogP contribution < -0.4 is 5.32 Å². The first-order valence-electron chi connectivity index (χ1n) is 6.28. The Morgan fingerprint density at radius 2 is 2.31 bits per heavy atom. The van der Waals surface area contributed by atoms with Crippen molar-refractivity contribution in [3.05, 3.63) is 35.7 Å². The highest BCUT2D eigenvalue weighted by atomic mass is 15.0. The molecule has 2 heteroatoms. The number of rotatable bonds is 1. The van der Waals surface area contributed by atoms with Gasteiger partial charge in [0.2, 0.25) is 0 Å². The van der Waals surface area contributed by atoms with Gasteiger partial charge in [-0.05, 0) is 43.7 Å². The van der Waals surface area contributed by atoms with Crippen molar-refractivity contribution in [3.8, 4) is 0 Å². The van der Waals surface area contributed by atoms with Gasteiger partial charge in [-0.15, -0.1) is 0 Å². The summed E-state index contributed by atoms with van der Waals surface area (Å²) in [5, 5.41) is 3.73. The molecule has 0 radical (unpaired) electrons. The Morgan fingerprint density at radius 1 is 1.31 bits per heavy atom. The van der Waals surface area contributed by atoms with Gasteiger partial charge in [0.15, 0.2) is 0 Å². The highest BCUT2D eigenvalue weighted by molar-refractivity contribution is 5.53. The zero-order valence-corrected chi connectivity index (χ0v) is 9.52. The molecule has 0 spiro atoms. The maximum Gasteiger partial charge on any atom is 0.0340 e. The molecule has 0 amide bonds. The van der Waals surface area contributed by atoms with E-state index < -0.39 is 0 Å². The van der Waals surface area contributed by atoms with E-state index in [-0.39, 0.29) is 0 Å². The summed E-state index contributed by atoms with van der Waals surface area (Å²) in [7, 11) is 0. The molecule has 1 N–H and O–H groups in total. The summed E-state index contributed by atoms with van der Waals surface area (Å²) in [6.45, 7) is 0. The molecule has 2 nitrogen and oxygen atoms in total. The van der Waals surface area contributed by atoms with Gasteiger partial charge in [0.05, 0.1) is 0 Å². The molecular weight excluding hydrogens is 196 g/mol. The minimum absolute atomic E-state index is 0.632. The topological polar surface area (TPSA) is 24.9 Å². The lowest BCUT2D eigenvalue weighted by Crippen LogP contribution is -2.28. The molecule has 0 aliphatic carbocycles. The van der Waals surface area contributed by atoms with Crippen LogP contribution >= 0.6 is 0 Å². The highest BCUT2D eigenvalue weighted by Crippen LogP contribution is 2.30. The maximum absolute atomic E-state index is 4.17. The third-order valence-electron chi connectivity index (χ3n) is 3.74. The van der Waals surface area contributed by atoms with Crippen LogP contribution in [0, 0.1) is 0 Å². The Hall–Kier alpha value is -1.15. The van der Waals surface area contributed by atoms with Crippen LogP contribution in [-0.4, -0.2) is 17.1 Å². The van der Waals surface area contributed by atoms with Gasteiger partial charge in [0, 0.05) is 24.5 Å². The summed E-state index contributed by atoms with van der Waals surface area (Å²) in [5.41, 5.74) is 2.82. The molecular formula is C14H18N2. The molecule has 3 heterocycles. The van der Waals surface area contributed by atoms with Gasteiger partial charge in [-0.3, -0.25) is 4.98 Å². The maximum atomic E-state index is 4.17. The van der Waals surface area contributed by atoms with E-state index in [0.717, 1.165) is 6.04 Å². The van der Waals surface area contributed by atoms with Crippen molar-refractivity contribution in [2.75, 3.05) is 0 Å². The molecule has 1 aromatic heterocycles. The molecule has 16 heavy (non-hydrogen) atoms. The molecule has 2 saturated heterocycles. The quantitative estimate of drug-likeness (QED) is 0.777. The van der Waals surface area contributed by atoms with E-state index in [4.69, 9.17) is 0 Å². The summed E-state index contributed by atoms with van der Waals surface area (Å²) in [6, 6.07) is 5.56. The molecule has 2 aliphatic heterocycles. The third kappa shape index (κ3) is 2.03. The summed E-state index contributed by atoms with van der Waals surface area (Å²) in [4.78, 5) is 4.17. The van der Waals surface area contributed by atoms with Crippen LogP contribution in [0.15, 0.2) is 30.1 Å². The van der Waals surface area contributed by atoms with Gasteiger partial charge in [0.1, 0.15) is 0 Å². The largest absolute Gasteiger partial charge is 0.307 e. The number of nitrogens with one attached hydrogen (secondary N) is 1. The van der Waals surface area contributed by atoms with Gasteiger partial charge in [-0.2, -0.15) is 0 Å². The Kier molecular flexibility index (Phi) is 2.75. The Morgan fingerprint density at radius 3 is 3.19 bits per heavy atom. The molecule has 0 aromatic carbocycles. The highest BCUT2D eigenvalue weighted by Gasteiger charge is 2.28. The van der Waals surface area contributed by atoms with Crippen LogP contribution in [0.2, 0.25) is 0 Å². The molecule has 0 saturated carbocycles. The molecule has 2 atom stereocenters. The summed E-state index contributed by atoms with van der Waals surface area (Å²) < 4.78 is 0.